The maximum atomic E-state index is 13.2. The lowest BCUT2D eigenvalue weighted by Gasteiger charge is -2.24. The highest BCUT2D eigenvalue weighted by Crippen LogP contribution is 2.32. The molecule has 0 bridgehead atoms. The van der Waals surface area contributed by atoms with Gasteiger partial charge in [-0.05, 0) is 56.5 Å². The fourth-order valence-electron chi connectivity index (χ4n) is 3.10. The van der Waals surface area contributed by atoms with Gasteiger partial charge in [-0.3, -0.25) is 4.79 Å². The SMILES string of the molecule is CCc1ccccc1SCC(=O)C(=CN(CC)C(C)C)c1cccc(C(F)(F)F)c1. The molecule has 0 unspecified atom stereocenters. The van der Waals surface area contributed by atoms with Gasteiger partial charge in [0.1, 0.15) is 0 Å². The predicted molar refractivity (Wildman–Crippen MR) is 118 cm³/mol. The molecular weight excluding hydrogens is 407 g/mol. The van der Waals surface area contributed by atoms with Crippen LogP contribution in [0.1, 0.15) is 44.4 Å². The number of carbonyl (C=O) groups is 1. The summed E-state index contributed by atoms with van der Waals surface area (Å²) in [7, 11) is 0. The van der Waals surface area contributed by atoms with Crippen LogP contribution in [0.5, 0.6) is 0 Å². The number of rotatable bonds is 9. The second kappa shape index (κ2) is 10.7. The molecule has 2 aromatic carbocycles. The van der Waals surface area contributed by atoms with E-state index >= 15 is 0 Å². The second-order valence-corrected chi connectivity index (χ2v) is 8.24. The predicted octanol–water partition coefficient (Wildman–Crippen LogP) is 6.70. The van der Waals surface area contributed by atoms with Crippen LogP contribution in [0, 0.1) is 0 Å². The smallest absolute Gasteiger partial charge is 0.375 e. The lowest BCUT2D eigenvalue weighted by atomic mass is 10.0. The standard InChI is InChI=1S/C24H28F3NOS/c1-5-18-10-7-8-13-23(18)30-16-22(29)21(15-28(6-2)17(3)4)19-11-9-12-20(14-19)24(25,26)27/h7-15,17H,5-6,16H2,1-4H3. The van der Waals surface area contributed by atoms with Gasteiger partial charge in [-0.15, -0.1) is 11.8 Å². The van der Waals surface area contributed by atoms with E-state index in [0.717, 1.165) is 29.0 Å². The molecule has 0 amide bonds. The summed E-state index contributed by atoms with van der Waals surface area (Å²) in [6.07, 6.45) is -1.90. The summed E-state index contributed by atoms with van der Waals surface area (Å²) in [4.78, 5) is 16.1. The number of benzene rings is 2. The quantitative estimate of drug-likeness (QED) is 0.323. The van der Waals surface area contributed by atoms with Gasteiger partial charge in [-0.25, -0.2) is 0 Å². The summed E-state index contributed by atoms with van der Waals surface area (Å²) < 4.78 is 39.7. The molecule has 0 atom stereocenters. The molecular formula is C24H28F3NOS. The number of hydrogen-bond acceptors (Lipinski definition) is 3. The third-order valence-electron chi connectivity index (χ3n) is 4.84. The molecule has 0 radical (unpaired) electrons. The van der Waals surface area contributed by atoms with Gasteiger partial charge in [0, 0.05) is 29.3 Å². The third kappa shape index (κ3) is 6.39. The van der Waals surface area contributed by atoms with Crippen LogP contribution in [0.3, 0.4) is 0 Å². The van der Waals surface area contributed by atoms with E-state index in [1.807, 2.05) is 49.9 Å². The zero-order valence-electron chi connectivity index (χ0n) is 17.8. The van der Waals surface area contributed by atoms with E-state index in [9.17, 15) is 18.0 Å². The van der Waals surface area contributed by atoms with Crippen molar-refractivity contribution in [3.8, 4) is 0 Å². The minimum absolute atomic E-state index is 0.122. The van der Waals surface area contributed by atoms with Gasteiger partial charge in [-0.2, -0.15) is 13.2 Å². The van der Waals surface area contributed by atoms with E-state index in [4.69, 9.17) is 0 Å². The summed E-state index contributed by atoms with van der Waals surface area (Å²) in [6, 6.07) is 13.0. The van der Waals surface area contributed by atoms with Crippen LogP contribution in [0.25, 0.3) is 5.57 Å². The molecule has 0 fully saturated rings. The molecule has 0 saturated heterocycles. The maximum absolute atomic E-state index is 13.2. The topological polar surface area (TPSA) is 20.3 Å². The monoisotopic (exact) mass is 435 g/mol. The number of nitrogens with zero attached hydrogens (tertiary/aromatic N) is 1. The highest BCUT2D eigenvalue weighted by atomic mass is 32.2. The van der Waals surface area contributed by atoms with Gasteiger partial charge in [0.2, 0.25) is 0 Å². The third-order valence-corrected chi connectivity index (χ3v) is 5.95. The summed E-state index contributed by atoms with van der Waals surface area (Å²) in [5, 5.41) is 0. The summed E-state index contributed by atoms with van der Waals surface area (Å²) in [5.74, 6) is -0.0290. The zero-order valence-corrected chi connectivity index (χ0v) is 18.6. The van der Waals surface area contributed by atoms with E-state index < -0.39 is 11.7 Å². The minimum Gasteiger partial charge on any atom is -0.375 e. The molecule has 0 aliphatic rings. The summed E-state index contributed by atoms with van der Waals surface area (Å²) in [6.45, 7) is 8.63. The van der Waals surface area contributed by atoms with Crippen molar-refractivity contribution in [3.05, 3.63) is 71.4 Å². The van der Waals surface area contributed by atoms with E-state index in [0.29, 0.717) is 17.7 Å². The van der Waals surface area contributed by atoms with Crippen molar-refractivity contribution in [3.63, 3.8) is 0 Å². The van der Waals surface area contributed by atoms with Crippen molar-refractivity contribution in [2.75, 3.05) is 12.3 Å². The number of aryl methyl sites for hydroxylation is 1. The van der Waals surface area contributed by atoms with Crippen LogP contribution < -0.4 is 0 Å². The zero-order chi connectivity index (χ0) is 22.3. The fraction of sp³-hybridized carbons (Fsp3) is 0.375. The van der Waals surface area contributed by atoms with Crippen molar-refractivity contribution < 1.29 is 18.0 Å². The van der Waals surface area contributed by atoms with E-state index in [-0.39, 0.29) is 17.6 Å². The van der Waals surface area contributed by atoms with Crippen LogP contribution >= 0.6 is 11.8 Å². The molecule has 2 rings (SSSR count). The first-order valence-electron chi connectivity index (χ1n) is 10.1. The molecule has 0 saturated carbocycles. The Morgan fingerprint density at radius 3 is 2.40 bits per heavy atom. The number of allylic oxidation sites excluding steroid dienone is 1. The van der Waals surface area contributed by atoms with E-state index in [1.54, 1.807) is 12.3 Å². The number of thioether (sulfide) groups is 1. The molecule has 0 aromatic heterocycles. The van der Waals surface area contributed by atoms with Gasteiger partial charge in [-0.1, -0.05) is 37.3 Å². The fourth-order valence-corrected chi connectivity index (χ4v) is 4.11. The highest BCUT2D eigenvalue weighted by Gasteiger charge is 2.31. The van der Waals surface area contributed by atoms with Gasteiger partial charge in [0.05, 0.1) is 11.3 Å². The first-order valence-corrected chi connectivity index (χ1v) is 11.0. The summed E-state index contributed by atoms with van der Waals surface area (Å²) >= 11 is 1.42. The van der Waals surface area contributed by atoms with E-state index in [2.05, 4.69) is 6.92 Å². The number of halogens is 3. The normalized spacial score (nSPS) is 12.3. The lowest BCUT2D eigenvalue weighted by Crippen LogP contribution is -2.26. The molecule has 0 aliphatic heterocycles. The number of Topliss-reactive ketones (excluding diaryl/α,β-unsaturated/α-hetero) is 1. The van der Waals surface area contributed by atoms with Crippen LogP contribution in [0.15, 0.2) is 59.6 Å². The molecule has 30 heavy (non-hydrogen) atoms. The molecule has 6 heteroatoms. The molecule has 162 valence electrons. The Balaban J connectivity index is 2.39. The minimum atomic E-state index is -4.46. The van der Waals surface area contributed by atoms with Crippen LogP contribution in [-0.4, -0.2) is 29.0 Å². The molecule has 0 spiro atoms. The Labute approximate surface area is 181 Å². The first kappa shape index (κ1) is 24.1. The Hall–Kier alpha value is -2.21. The number of hydrogen-bond donors (Lipinski definition) is 0. The average molecular weight is 436 g/mol. The number of carbonyl (C=O) groups excluding carboxylic acids is 1. The Bertz CT molecular complexity index is 890. The average Bonchev–Trinajstić information content (AvgIpc) is 2.72. The molecule has 0 N–H and O–H groups in total. The van der Waals surface area contributed by atoms with Crippen molar-refractivity contribution in [1.29, 1.82) is 0 Å². The van der Waals surface area contributed by atoms with Crippen molar-refractivity contribution in [2.45, 2.75) is 51.2 Å². The Kier molecular flexibility index (Phi) is 8.59. The molecule has 0 aliphatic carbocycles. The second-order valence-electron chi connectivity index (χ2n) is 7.22. The molecule has 0 heterocycles. The largest absolute Gasteiger partial charge is 0.416 e. The highest BCUT2D eigenvalue weighted by molar-refractivity contribution is 8.00. The van der Waals surface area contributed by atoms with Crippen LogP contribution in [-0.2, 0) is 17.4 Å². The van der Waals surface area contributed by atoms with Gasteiger partial charge >= 0.3 is 6.18 Å². The first-order chi connectivity index (χ1) is 14.2. The van der Waals surface area contributed by atoms with Gasteiger partial charge in [0.25, 0.3) is 0 Å². The van der Waals surface area contributed by atoms with E-state index in [1.165, 1.54) is 17.8 Å². The lowest BCUT2D eigenvalue weighted by molar-refractivity contribution is -0.137. The van der Waals surface area contributed by atoms with Gasteiger partial charge < -0.3 is 4.90 Å². The van der Waals surface area contributed by atoms with Crippen molar-refractivity contribution in [1.82, 2.24) is 4.90 Å². The Morgan fingerprint density at radius 2 is 1.80 bits per heavy atom. The molecule has 2 nitrogen and oxygen atoms in total. The number of alkyl halides is 3. The number of ketones is 1. The Morgan fingerprint density at radius 1 is 1.10 bits per heavy atom. The summed E-state index contributed by atoms with van der Waals surface area (Å²) in [5.41, 5.74) is 0.990. The van der Waals surface area contributed by atoms with Crippen molar-refractivity contribution in [2.24, 2.45) is 0 Å². The maximum Gasteiger partial charge on any atom is 0.416 e. The molecule has 2 aromatic rings. The van der Waals surface area contributed by atoms with Crippen LogP contribution in [0.2, 0.25) is 0 Å². The van der Waals surface area contributed by atoms with Gasteiger partial charge in [0.15, 0.2) is 5.78 Å². The van der Waals surface area contributed by atoms with Crippen molar-refractivity contribution >= 4 is 23.1 Å². The van der Waals surface area contributed by atoms with Crippen LogP contribution in [0.4, 0.5) is 13.2 Å².